The summed E-state index contributed by atoms with van der Waals surface area (Å²) in [5.41, 5.74) is 4.23. The summed E-state index contributed by atoms with van der Waals surface area (Å²) in [5.74, 6) is 1.63. The Kier molecular flexibility index (Phi) is 4.07. The smallest absolute Gasteiger partial charge is 0.223 e. The predicted octanol–water partition coefficient (Wildman–Crippen LogP) is 3.36. The molecule has 0 spiro atoms. The minimum atomic E-state index is 0.320. The zero-order valence-corrected chi connectivity index (χ0v) is 16.4. The number of carbonyl (C=O) groups is 1. The molecule has 1 aromatic carbocycles. The van der Waals surface area contributed by atoms with Gasteiger partial charge in [-0.1, -0.05) is 12.1 Å². The van der Waals surface area contributed by atoms with Crippen LogP contribution in [-0.2, 0) is 11.3 Å². The van der Waals surface area contributed by atoms with Crippen LogP contribution in [0.2, 0.25) is 0 Å². The first-order valence-corrected chi connectivity index (χ1v) is 10.0. The van der Waals surface area contributed by atoms with Crippen molar-refractivity contribution in [3.8, 4) is 17.1 Å². The van der Waals surface area contributed by atoms with Gasteiger partial charge < -0.3 is 9.47 Å². The summed E-state index contributed by atoms with van der Waals surface area (Å²) >= 11 is 0. The molecule has 144 valence electrons. The zero-order valence-electron chi connectivity index (χ0n) is 16.4. The van der Waals surface area contributed by atoms with Gasteiger partial charge in [0.05, 0.1) is 11.4 Å². The van der Waals surface area contributed by atoms with Crippen LogP contribution >= 0.6 is 0 Å². The second-order valence-electron chi connectivity index (χ2n) is 8.14. The standard InChI is InChI=1S/C22H25N5O/c1-15-10-16(2)27(24-15)20-5-3-4-18(12-20)22-23-8-9-25(22)13-17-11-21(28)26(14-17)19-6-7-19/h3-5,8-10,12,17,19H,6-7,11,13-14H2,1-2H3. The second-order valence-corrected chi connectivity index (χ2v) is 8.14. The highest BCUT2D eigenvalue weighted by molar-refractivity contribution is 5.79. The third kappa shape index (κ3) is 3.13. The van der Waals surface area contributed by atoms with Gasteiger partial charge in [-0.3, -0.25) is 4.79 Å². The van der Waals surface area contributed by atoms with Crippen LogP contribution in [0.4, 0.5) is 0 Å². The molecule has 3 heterocycles. The molecule has 0 N–H and O–H groups in total. The SMILES string of the molecule is Cc1cc(C)n(-c2cccc(-c3nccn3CC3CC(=O)N(C4CC4)C3)c2)n1. The highest BCUT2D eigenvalue weighted by Gasteiger charge is 2.39. The molecule has 1 saturated heterocycles. The van der Waals surface area contributed by atoms with E-state index in [1.165, 1.54) is 12.8 Å². The molecule has 1 amide bonds. The van der Waals surface area contributed by atoms with Crippen LogP contribution in [0.5, 0.6) is 0 Å². The number of hydrogen-bond donors (Lipinski definition) is 0. The van der Waals surface area contributed by atoms with Gasteiger partial charge in [0.25, 0.3) is 0 Å². The third-order valence-electron chi connectivity index (χ3n) is 5.76. The number of nitrogens with zero attached hydrogens (tertiary/aromatic N) is 5. The van der Waals surface area contributed by atoms with Crippen LogP contribution < -0.4 is 0 Å². The number of hydrogen-bond acceptors (Lipinski definition) is 3. The molecule has 2 aromatic heterocycles. The molecule has 6 heteroatoms. The molecule has 1 unspecified atom stereocenters. The van der Waals surface area contributed by atoms with E-state index < -0.39 is 0 Å². The first kappa shape index (κ1) is 17.2. The molecule has 6 nitrogen and oxygen atoms in total. The minimum absolute atomic E-state index is 0.320. The number of likely N-dealkylation sites (tertiary alicyclic amines) is 1. The third-order valence-corrected chi connectivity index (χ3v) is 5.76. The summed E-state index contributed by atoms with van der Waals surface area (Å²) in [6, 6.07) is 10.9. The fourth-order valence-corrected chi connectivity index (χ4v) is 4.33. The van der Waals surface area contributed by atoms with Crippen LogP contribution in [0.1, 0.15) is 30.7 Å². The van der Waals surface area contributed by atoms with Crippen molar-refractivity contribution in [2.24, 2.45) is 5.92 Å². The Morgan fingerprint density at radius 1 is 1.18 bits per heavy atom. The Morgan fingerprint density at radius 3 is 2.79 bits per heavy atom. The Bertz CT molecular complexity index is 1030. The maximum atomic E-state index is 12.3. The van der Waals surface area contributed by atoms with Gasteiger partial charge in [0, 0.05) is 55.1 Å². The molecule has 1 saturated carbocycles. The quantitative estimate of drug-likeness (QED) is 0.687. The fourth-order valence-electron chi connectivity index (χ4n) is 4.33. The van der Waals surface area contributed by atoms with Crippen LogP contribution in [0.25, 0.3) is 17.1 Å². The number of imidazole rings is 1. The van der Waals surface area contributed by atoms with Crippen molar-refractivity contribution in [3.05, 3.63) is 54.1 Å². The van der Waals surface area contributed by atoms with E-state index in [1.807, 2.05) is 30.1 Å². The molecule has 1 aliphatic heterocycles. The van der Waals surface area contributed by atoms with E-state index in [9.17, 15) is 4.79 Å². The number of benzene rings is 1. The van der Waals surface area contributed by atoms with Gasteiger partial charge in [0.1, 0.15) is 5.82 Å². The summed E-state index contributed by atoms with van der Waals surface area (Å²) in [7, 11) is 0. The predicted molar refractivity (Wildman–Crippen MR) is 107 cm³/mol. The summed E-state index contributed by atoms with van der Waals surface area (Å²) in [6.45, 7) is 5.78. The average Bonchev–Trinajstić information content (AvgIpc) is 3.15. The Balaban J connectivity index is 1.40. The Morgan fingerprint density at radius 2 is 2.04 bits per heavy atom. The Hall–Kier alpha value is -2.89. The lowest BCUT2D eigenvalue weighted by Crippen LogP contribution is -2.27. The second kappa shape index (κ2) is 6.62. The monoisotopic (exact) mass is 375 g/mol. The lowest BCUT2D eigenvalue weighted by Gasteiger charge is -2.16. The number of carbonyl (C=O) groups excluding carboxylic acids is 1. The van der Waals surface area contributed by atoms with E-state index in [1.54, 1.807) is 0 Å². The van der Waals surface area contributed by atoms with E-state index in [0.717, 1.165) is 41.6 Å². The topological polar surface area (TPSA) is 56.0 Å². The fraction of sp³-hybridized carbons (Fsp3) is 0.409. The Labute approximate surface area is 164 Å². The van der Waals surface area contributed by atoms with Crippen molar-refractivity contribution >= 4 is 5.91 Å². The van der Waals surface area contributed by atoms with Gasteiger partial charge in [-0.25, -0.2) is 9.67 Å². The highest BCUT2D eigenvalue weighted by Crippen LogP contribution is 2.33. The van der Waals surface area contributed by atoms with Crippen molar-refractivity contribution in [2.75, 3.05) is 6.54 Å². The van der Waals surface area contributed by atoms with Crippen molar-refractivity contribution in [3.63, 3.8) is 0 Å². The number of amides is 1. The van der Waals surface area contributed by atoms with E-state index in [4.69, 9.17) is 0 Å². The van der Waals surface area contributed by atoms with Crippen molar-refractivity contribution < 1.29 is 4.79 Å². The van der Waals surface area contributed by atoms with Gasteiger partial charge in [0.15, 0.2) is 0 Å². The largest absolute Gasteiger partial charge is 0.339 e. The minimum Gasteiger partial charge on any atom is -0.339 e. The number of aryl methyl sites for hydroxylation is 2. The maximum Gasteiger partial charge on any atom is 0.223 e. The van der Waals surface area contributed by atoms with Gasteiger partial charge >= 0.3 is 0 Å². The molecule has 3 aromatic rings. The van der Waals surface area contributed by atoms with Gasteiger partial charge in [-0.15, -0.1) is 0 Å². The molecule has 2 fully saturated rings. The maximum absolute atomic E-state index is 12.3. The summed E-state index contributed by atoms with van der Waals surface area (Å²) in [4.78, 5) is 19.0. The van der Waals surface area contributed by atoms with E-state index in [2.05, 4.69) is 50.7 Å². The van der Waals surface area contributed by atoms with Crippen molar-refractivity contribution in [1.82, 2.24) is 24.2 Å². The first-order valence-electron chi connectivity index (χ1n) is 10.0. The zero-order chi connectivity index (χ0) is 19.3. The van der Waals surface area contributed by atoms with E-state index in [0.29, 0.717) is 24.3 Å². The van der Waals surface area contributed by atoms with Crippen LogP contribution in [0.15, 0.2) is 42.7 Å². The van der Waals surface area contributed by atoms with Crippen LogP contribution in [0, 0.1) is 19.8 Å². The normalized spacial score (nSPS) is 19.6. The van der Waals surface area contributed by atoms with E-state index in [-0.39, 0.29) is 0 Å². The highest BCUT2D eigenvalue weighted by atomic mass is 16.2. The lowest BCUT2D eigenvalue weighted by molar-refractivity contribution is -0.128. The first-order chi connectivity index (χ1) is 13.6. The molecular weight excluding hydrogens is 350 g/mol. The molecule has 1 atom stereocenters. The molecule has 0 radical (unpaired) electrons. The molecule has 28 heavy (non-hydrogen) atoms. The van der Waals surface area contributed by atoms with Gasteiger partial charge in [0.2, 0.25) is 5.91 Å². The summed E-state index contributed by atoms with van der Waals surface area (Å²) in [5, 5.41) is 4.59. The molecular formula is C22H25N5O. The summed E-state index contributed by atoms with van der Waals surface area (Å²) in [6.07, 6.45) is 6.87. The summed E-state index contributed by atoms with van der Waals surface area (Å²) < 4.78 is 4.16. The van der Waals surface area contributed by atoms with Crippen molar-refractivity contribution in [2.45, 2.75) is 45.7 Å². The molecule has 2 aliphatic rings. The number of rotatable bonds is 5. The van der Waals surface area contributed by atoms with Gasteiger partial charge in [-0.05, 0) is 44.9 Å². The van der Waals surface area contributed by atoms with E-state index >= 15 is 0 Å². The van der Waals surface area contributed by atoms with Crippen LogP contribution in [-0.4, -0.2) is 42.7 Å². The molecule has 5 rings (SSSR count). The number of aromatic nitrogens is 4. The lowest BCUT2D eigenvalue weighted by atomic mass is 10.1. The molecule has 1 aliphatic carbocycles. The molecule has 0 bridgehead atoms. The average molecular weight is 375 g/mol. The van der Waals surface area contributed by atoms with Gasteiger partial charge in [-0.2, -0.15) is 5.10 Å². The van der Waals surface area contributed by atoms with Crippen LogP contribution in [0.3, 0.4) is 0 Å². The van der Waals surface area contributed by atoms with Crippen molar-refractivity contribution in [1.29, 1.82) is 0 Å².